The summed E-state index contributed by atoms with van der Waals surface area (Å²) in [4.78, 5) is 22.1. The molecule has 0 saturated carbocycles. The number of hydrogen-bond acceptors (Lipinski definition) is 4. The van der Waals surface area contributed by atoms with Gasteiger partial charge < -0.3 is 10.5 Å². The lowest BCUT2D eigenvalue weighted by molar-refractivity contribution is -0.120. The summed E-state index contributed by atoms with van der Waals surface area (Å²) in [6, 6.07) is -0.576. The molecule has 0 bridgehead atoms. The van der Waals surface area contributed by atoms with Crippen molar-refractivity contribution in [1.29, 1.82) is 0 Å². The first kappa shape index (κ1) is 11.2. The third-order valence-corrected chi connectivity index (χ3v) is 1.92. The van der Waals surface area contributed by atoms with Crippen molar-refractivity contribution < 1.29 is 14.3 Å². The Balaban J connectivity index is 2.80. The molecule has 82 valence electrons. The van der Waals surface area contributed by atoms with Crippen LogP contribution >= 0.6 is 0 Å². The highest BCUT2D eigenvalue weighted by molar-refractivity contribution is 5.89. The van der Waals surface area contributed by atoms with Crippen LogP contribution in [-0.4, -0.2) is 28.3 Å². The molecule has 2 N–H and O–H groups in total. The molecule has 6 heteroatoms. The topological polar surface area (TPSA) is 87.2 Å². The van der Waals surface area contributed by atoms with E-state index >= 15 is 0 Å². The fraction of sp³-hybridized carbons (Fsp3) is 0.444. The number of aromatic nitrogens is 2. The number of carbonyl (C=O) groups excluding carboxylic acids is 2. The molecule has 0 aromatic carbocycles. The van der Waals surface area contributed by atoms with Gasteiger partial charge in [-0.2, -0.15) is 5.10 Å². The van der Waals surface area contributed by atoms with Crippen LogP contribution in [0.2, 0.25) is 0 Å². The third kappa shape index (κ3) is 2.55. The van der Waals surface area contributed by atoms with Crippen LogP contribution in [0.5, 0.6) is 0 Å². The second kappa shape index (κ2) is 4.59. The minimum Gasteiger partial charge on any atom is -0.462 e. The van der Waals surface area contributed by atoms with E-state index in [-0.39, 0.29) is 0 Å². The average molecular weight is 211 g/mol. The van der Waals surface area contributed by atoms with Gasteiger partial charge in [0.05, 0.1) is 18.4 Å². The van der Waals surface area contributed by atoms with Gasteiger partial charge in [-0.25, -0.2) is 4.79 Å². The first-order chi connectivity index (χ1) is 7.06. The molecule has 6 nitrogen and oxygen atoms in total. The molecule has 15 heavy (non-hydrogen) atoms. The van der Waals surface area contributed by atoms with Crippen LogP contribution < -0.4 is 5.73 Å². The van der Waals surface area contributed by atoms with Gasteiger partial charge in [-0.15, -0.1) is 0 Å². The molecule has 1 rings (SSSR count). The molecule has 1 unspecified atom stereocenters. The summed E-state index contributed by atoms with van der Waals surface area (Å²) in [6.45, 7) is 3.62. The van der Waals surface area contributed by atoms with Crippen LogP contribution in [0, 0.1) is 0 Å². The number of esters is 1. The normalized spacial score (nSPS) is 12.1. The molecule has 1 amide bonds. The standard InChI is InChI=1S/C9H13N3O3/c1-3-15-9(14)7-4-11-12(5-7)6(2)8(10)13/h4-6H,3H2,1-2H3,(H2,10,13). The zero-order valence-corrected chi connectivity index (χ0v) is 8.64. The Kier molecular flexibility index (Phi) is 3.43. The molecule has 0 fully saturated rings. The second-order valence-electron chi connectivity index (χ2n) is 3.01. The highest BCUT2D eigenvalue weighted by Gasteiger charge is 2.15. The Morgan fingerprint density at radius 3 is 2.87 bits per heavy atom. The van der Waals surface area contributed by atoms with E-state index in [1.54, 1.807) is 13.8 Å². The van der Waals surface area contributed by atoms with Crippen molar-refractivity contribution in [3.05, 3.63) is 18.0 Å². The summed E-state index contributed by atoms with van der Waals surface area (Å²) in [6.07, 6.45) is 2.78. The smallest absolute Gasteiger partial charge is 0.341 e. The van der Waals surface area contributed by atoms with Crippen LogP contribution in [0.3, 0.4) is 0 Å². The Morgan fingerprint density at radius 2 is 2.33 bits per heavy atom. The van der Waals surface area contributed by atoms with Crippen LogP contribution in [0.1, 0.15) is 30.2 Å². The molecule has 0 spiro atoms. The lowest BCUT2D eigenvalue weighted by Gasteiger charge is -2.06. The van der Waals surface area contributed by atoms with Crippen molar-refractivity contribution >= 4 is 11.9 Å². The Bertz CT molecular complexity index is 372. The average Bonchev–Trinajstić information content (AvgIpc) is 2.65. The summed E-state index contributed by atoms with van der Waals surface area (Å²) in [7, 11) is 0. The van der Waals surface area contributed by atoms with Crippen molar-refractivity contribution in [2.24, 2.45) is 5.73 Å². The summed E-state index contributed by atoms with van der Waals surface area (Å²) < 4.78 is 6.10. The molecule has 1 atom stereocenters. The van der Waals surface area contributed by atoms with Gasteiger partial charge in [0.2, 0.25) is 5.91 Å². The van der Waals surface area contributed by atoms with E-state index in [9.17, 15) is 9.59 Å². The molecule has 0 aliphatic heterocycles. The number of carbonyl (C=O) groups is 2. The largest absolute Gasteiger partial charge is 0.462 e. The molecule has 0 aliphatic carbocycles. The van der Waals surface area contributed by atoms with Gasteiger partial charge in [0, 0.05) is 6.20 Å². The van der Waals surface area contributed by atoms with E-state index in [0.29, 0.717) is 12.2 Å². The molecule has 0 aliphatic rings. The van der Waals surface area contributed by atoms with E-state index in [1.807, 2.05) is 0 Å². The molecule has 1 heterocycles. The highest BCUT2D eigenvalue weighted by atomic mass is 16.5. The maximum Gasteiger partial charge on any atom is 0.341 e. The van der Waals surface area contributed by atoms with Crippen molar-refractivity contribution in [3.8, 4) is 0 Å². The predicted octanol–water partition coefficient (Wildman–Crippen LogP) is 0.106. The number of ether oxygens (including phenoxy) is 1. The number of amides is 1. The summed E-state index contributed by atoms with van der Waals surface area (Å²) in [5.74, 6) is -0.964. The van der Waals surface area contributed by atoms with E-state index in [2.05, 4.69) is 5.10 Å². The van der Waals surface area contributed by atoms with Crippen LogP contribution in [-0.2, 0) is 9.53 Å². The minimum atomic E-state index is -0.576. The predicted molar refractivity (Wildman–Crippen MR) is 52.1 cm³/mol. The molecule has 1 aromatic rings. The van der Waals surface area contributed by atoms with Gasteiger partial charge in [-0.3, -0.25) is 9.48 Å². The van der Waals surface area contributed by atoms with Gasteiger partial charge in [-0.05, 0) is 13.8 Å². The number of nitrogens with two attached hydrogens (primary N) is 1. The fourth-order valence-electron chi connectivity index (χ4n) is 1.00. The zero-order valence-electron chi connectivity index (χ0n) is 8.64. The molecule has 0 radical (unpaired) electrons. The third-order valence-electron chi connectivity index (χ3n) is 1.92. The molecular formula is C9H13N3O3. The van der Waals surface area contributed by atoms with Gasteiger partial charge in [0.15, 0.2) is 0 Å². The van der Waals surface area contributed by atoms with Crippen molar-refractivity contribution in [3.63, 3.8) is 0 Å². The monoisotopic (exact) mass is 211 g/mol. The van der Waals surface area contributed by atoms with Crippen LogP contribution in [0.15, 0.2) is 12.4 Å². The summed E-state index contributed by atoms with van der Waals surface area (Å²) in [5, 5.41) is 3.86. The summed E-state index contributed by atoms with van der Waals surface area (Å²) in [5.41, 5.74) is 5.41. The second-order valence-corrected chi connectivity index (χ2v) is 3.01. The number of nitrogens with zero attached hydrogens (tertiary/aromatic N) is 2. The van der Waals surface area contributed by atoms with E-state index in [1.165, 1.54) is 17.1 Å². The summed E-state index contributed by atoms with van der Waals surface area (Å²) >= 11 is 0. The van der Waals surface area contributed by atoms with Crippen molar-refractivity contribution in [2.75, 3.05) is 6.61 Å². The van der Waals surface area contributed by atoms with Crippen LogP contribution in [0.4, 0.5) is 0 Å². The van der Waals surface area contributed by atoms with Gasteiger partial charge in [0.25, 0.3) is 0 Å². The minimum absolute atomic E-state index is 0.301. The fourth-order valence-corrected chi connectivity index (χ4v) is 1.00. The van der Waals surface area contributed by atoms with E-state index < -0.39 is 17.9 Å². The van der Waals surface area contributed by atoms with Crippen LogP contribution in [0.25, 0.3) is 0 Å². The SMILES string of the molecule is CCOC(=O)c1cnn(C(C)C(N)=O)c1. The maximum absolute atomic E-state index is 11.3. The lowest BCUT2D eigenvalue weighted by atomic mass is 10.3. The van der Waals surface area contributed by atoms with Crippen molar-refractivity contribution in [1.82, 2.24) is 9.78 Å². The van der Waals surface area contributed by atoms with Gasteiger partial charge in [-0.1, -0.05) is 0 Å². The molecular weight excluding hydrogens is 198 g/mol. The maximum atomic E-state index is 11.3. The first-order valence-electron chi connectivity index (χ1n) is 4.56. The Morgan fingerprint density at radius 1 is 1.67 bits per heavy atom. The van der Waals surface area contributed by atoms with Crippen molar-refractivity contribution in [2.45, 2.75) is 19.9 Å². The van der Waals surface area contributed by atoms with E-state index in [0.717, 1.165) is 0 Å². The van der Waals surface area contributed by atoms with Gasteiger partial charge in [0.1, 0.15) is 6.04 Å². The zero-order chi connectivity index (χ0) is 11.4. The Labute approximate surface area is 87.0 Å². The quantitative estimate of drug-likeness (QED) is 0.716. The lowest BCUT2D eigenvalue weighted by Crippen LogP contribution is -2.24. The number of primary amides is 1. The van der Waals surface area contributed by atoms with Gasteiger partial charge >= 0.3 is 5.97 Å². The van der Waals surface area contributed by atoms with E-state index in [4.69, 9.17) is 10.5 Å². The number of hydrogen-bond donors (Lipinski definition) is 1. The highest BCUT2D eigenvalue weighted by Crippen LogP contribution is 2.06. The Hall–Kier alpha value is -1.85. The first-order valence-corrected chi connectivity index (χ1v) is 4.56. The molecule has 1 aromatic heterocycles. The number of rotatable bonds is 4. The molecule has 0 saturated heterocycles.